The van der Waals surface area contributed by atoms with Crippen molar-refractivity contribution in [2.24, 2.45) is 0 Å². The zero-order chi connectivity index (χ0) is 35.2. The van der Waals surface area contributed by atoms with Crippen LogP contribution in [0.15, 0.2) is 158 Å². The molecule has 0 atom stereocenters. The second kappa shape index (κ2) is 11.5. The van der Waals surface area contributed by atoms with Gasteiger partial charge in [-0.1, -0.05) is 140 Å². The van der Waals surface area contributed by atoms with Gasteiger partial charge in [0.15, 0.2) is 0 Å². The third kappa shape index (κ3) is 4.35. The Morgan fingerprint density at radius 2 is 1.15 bits per heavy atom. The molecule has 5 heteroatoms. The summed E-state index contributed by atoms with van der Waals surface area (Å²) in [7, 11) is 0. The van der Waals surface area contributed by atoms with Crippen LogP contribution in [0.5, 0.6) is 0 Å². The number of aryl methyl sites for hydroxylation is 2. The first kappa shape index (κ1) is 30.1. The summed E-state index contributed by atoms with van der Waals surface area (Å²) < 4.78 is 2.47. The number of aromatic nitrogens is 2. The lowest BCUT2D eigenvalue weighted by atomic mass is 9.87. The molecule has 0 fully saturated rings. The minimum Gasteiger partial charge on any atom is -0.245 e. The Hall–Kier alpha value is -6.56. The van der Waals surface area contributed by atoms with Crippen LogP contribution in [-0.2, 0) is 0 Å². The lowest BCUT2D eigenvalue weighted by Gasteiger charge is -2.43. The van der Waals surface area contributed by atoms with Gasteiger partial charge >= 0.3 is 0 Å². The molecule has 8 aromatic carbocycles. The lowest BCUT2D eigenvalue weighted by molar-refractivity contribution is 0.928. The molecule has 0 saturated heterocycles. The van der Waals surface area contributed by atoms with Gasteiger partial charge in [-0.2, -0.15) is 0 Å². The Morgan fingerprint density at radius 1 is 0.472 bits per heavy atom. The third-order valence-corrected chi connectivity index (χ3v) is 12.0. The van der Waals surface area contributed by atoms with Crippen LogP contribution in [-0.4, -0.2) is 9.97 Å². The Labute approximate surface area is 310 Å². The van der Waals surface area contributed by atoms with Gasteiger partial charge in [0.25, 0.3) is 5.95 Å². The first-order chi connectivity index (χ1) is 26.2. The molecule has 1 aliphatic rings. The van der Waals surface area contributed by atoms with Gasteiger partial charge in [-0.3, -0.25) is 0 Å². The summed E-state index contributed by atoms with van der Waals surface area (Å²) in [6.07, 6.45) is 0. The first-order valence-corrected chi connectivity index (χ1v) is 18.8. The molecule has 0 radical (unpaired) electrons. The molecule has 10 aromatic rings. The van der Waals surface area contributed by atoms with E-state index in [-0.39, 0.29) is 0 Å². The number of hydrogen-bond donors (Lipinski definition) is 0. The fourth-order valence-corrected chi connectivity index (χ4v) is 9.68. The fraction of sp³-hybridized carbons (Fsp3) is 0.0417. The number of thiophene rings is 1. The number of para-hydroxylation sites is 2. The highest BCUT2D eigenvalue weighted by molar-refractivity contribution is 7.26. The Kier molecular flexibility index (Phi) is 6.52. The maximum atomic E-state index is 5.59. The van der Waals surface area contributed by atoms with Gasteiger partial charge in [0.05, 0.1) is 33.0 Å². The summed E-state index contributed by atoms with van der Waals surface area (Å²) in [6, 6.07) is 56.7. The molecule has 0 N–H and O–H groups in total. The standard InChI is InChI=1S/C48H32N4S/c1-29-15-6-12-25-38(29)51-39-28-27-31-17-7-8-20-33(31)42(39)43-35-22-10-9-21-34(35)41-36-23-11-13-26-40(36)53-47(41)46(43)52(51)48-49-44-30(2)16-14-24-37(44)45(50-48)32-18-4-3-5-19-32/h3-28H,1-2H3. The van der Waals surface area contributed by atoms with Crippen LogP contribution in [0, 0.1) is 13.8 Å². The maximum absolute atomic E-state index is 5.59. The Morgan fingerprint density at radius 3 is 2.00 bits per heavy atom. The molecule has 0 aliphatic carbocycles. The fourth-order valence-electron chi connectivity index (χ4n) is 8.42. The summed E-state index contributed by atoms with van der Waals surface area (Å²) in [6.45, 7) is 4.34. The Bertz CT molecular complexity index is 3110. The van der Waals surface area contributed by atoms with E-state index < -0.39 is 0 Å². The average Bonchev–Trinajstić information content (AvgIpc) is 3.60. The summed E-state index contributed by atoms with van der Waals surface area (Å²) in [5, 5.41) is 13.2. The second-order valence-corrected chi connectivity index (χ2v) is 14.9. The van der Waals surface area contributed by atoms with Gasteiger partial charge in [0.2, 0.25) is 0 Å². The van der Waals surface area contributed by atoms with E-state index in [4.69, 9.17) is 9.97 Å². The maximum Gasteiger partial charge on any atom is 0.251 e. The smallest absolute Gasteiger partial charge is 0.245 e. The molecule has 250 valence electrons. The van der Waals surface area contributed by atoms with Crippen molar-refractivity contribution in [3.8, 4) is 22.4 Å². The van der Waals surface area contributed by atoms with Crippen molar-refractivity contribution in [3.63, 3.8) is 0 Å². The molecule has 4 nitrogen and oxygen atoms in total. The summed E-state index contributed by atoms with van der Waals surface area (Å²) >= 11 is 1.85. The van der Waals surface area contributed by atoms with E-state index in [0.29, 0.717) is 5.95 Å². The number of fused-ring (bicyclic) bond motifs is 13. The molecule has 0 saturated carbocycles. The van der Waals surface area contributed by atoms with Crippen molar-refractivity contribution in [2.75, 3.05) is 10.0 Å². The van der Waals surface area contributed by atoms with Crippen molar-refractivity contribution in [2.45, 2.75) is 13.8 Å². The zero-order valence-electron chi connectivity index (χ0n) is 29.2. The zero-order valence-corrected chi connectivity index (χ0v) is 30.0. The van der Waals surface area contributed by atoms with E-state index in [1.165, 1.54) is 52.8 Å². The average molecular weight is 697 g/mol. The van der Waals surface area contributed by atoms with Gasteiger partial charge in [0.1, 0.15) is 0 Å². The molecule has 1 aliphatic heterocycles. The molecule has 2 aromatic heterocycles. The normalized spacial score (nSPS) is 12.6. The minimum absolute atomic E-state index is 0.628. The molecule has 0 unspecified atom stereocenters. The van der Waals surface area contributed by atoms with E-state index in [9.17, 15) is 0 Å². The molecule has 0 spiro atoms. The molecular formula is C48H32N4S. The van der Waals surface area contributed by atoms with E-state index in [2.05, 4.69) is 182 Å². The van der Waals surface area contributed by atoms with E-state index in [1.807, 2.05) is 11.3 Å². The summed E-state index contributed by atoms with van der Waals surface area (Å²) in [5.74, 6) is 0.628. The molecule has 11 rings (SSSR count). The van der Waals surface area contributed by atoms with Crippen LogP contribution in [0.3, 0.4) is 0 Å². The van der Waals surface area contributed by atoms with Crippen LogP contribution in [0.4, 0.5) is 23.0 Å². The SMILES string of the molecule is Cc1ccccc1N1c2ccc3ccccc3c2-c2c(c3sc4ccccc4c3c3ccccc23)N1c1nc(-c2ccccc2)c2cccc(C)c2n1. The highest BCUT2D eigenvalue weighted by Gasteiger charge is 2.38. The van der Waals surface area contributed by atoms with Gasteiger partial charge in [-0.25, -0.2) is 20.0 Å². The predicted molar refractivity (Wildman–Crippen MR) is 225 cm³/mol. The van der Waals surface area contributed by atoms with Gasteiger partial charge < -0.3 is 0 Å². The summed E-state index contributed by atoms with van der Waals surface area (Å²) in [4.78, 5) is 11.1. The quantitative estimate of drug-likeness (QED) is 0.184. The van der Waals surface area contributed by atoms with Gasteiger partial charge in [-0.15, -0.1) is 11.3 Å². The number of rotatable bonds is 3. The first-order valence-electron chi connectivity index (χ1n) is 18.0. The second-order valence-electron chi connectivity index (χ2n) is 13.9. The topological polar surface area (TPSA) is 32.3 Å². The van der Waals surface area contributed by atoms with E-state index in [1.54, 1.807) is 0 Å². The highest BCUT2D eigenvalue weighted by atomic mass is 32.1. The Balaban J connectivity index is 1.39. The number of hydrogen-bond acceptors (Lipinski definition) is 5. The van der Waals surface area contributed by atoms with E-state index >= 15 is 0 Å². The van der Waals surface area contributed by atoms with Crippen molar-refractivity contribution < 1.29 is 0 Å². The molecule has 0 amide bonds. The third-order valence-electron chi connectivity index (χ3n) is 10.8. The van der Waals surface area contributed by atoms with E-state index in [0.717, 1.165) is 50.3 Å². The van der Waals surface area contributed by atoms with Crippen molar-refractivity contribution in [3.05, 3.63) is 169 Å². The number of anilines is 4. The summed E-state index contributed by atoms with van der Waals surface area (Å²) in [5.41, 5.74) is 10.9. The van der Waals surface area contributed by atoms with Crippen molar-refractivity contribution in [1.29, 1.82) is 0 Å². The monoisotopic (exact) mass is 696 g/mol. The molecular weight excluding hydrogens is 665 g/mol. The highest BCUT2D eigenvalue weighted by Crippen LogP contribution is 2.59. The van der Waals surface area contributed by atoms with Crippen LogP contribution in [0.1, 0.15) is 11.1 Å². The molecule has 3 heterocycles. The lowest BCUT2D eigenvalue weighted by Crippen LogP contribution is -2.40. The van der Waals surface area contributed by atoms with Gasteiger partial charge in [0, 0.05) is 37.5 Å². The molecule has 53 heavy (non-hydrogen) atoms. The predicted octanol–water partition coefficient (Wildman–Crippen LogP) is 13.5. The largest absolute Gasteiger partial charge is 0.251 e. The van der Waals surface area contributed by atoms with Crippen molar-refractivity contribution in [1.82, 2.24) is 9.97 Å². The van der Waals surface area contributed by atoms with Gasteiger partial charge in [-0.05, 0) is 64.7 Å². The minimum atomic E-state index is 0.628. The number of hydrazine groups is 1. The van der Waals surface area contributed by atoms with Crippen LogP contribution >= 0.6 is 11.3 Å². The van der Waals surface area contributed by atoms with Crippen LogP contribution in [0.25, 0.3) is 75.0 Å². The van der Waals surface area contributed by atoms with Crippen molar-refractivity contribution >= 4 is 87.0 Å². The van der Waals surface area contributed by atoms with Crippen LogP contribution in [0.2, 0.25) is 0 Å². The molecule has 0 bridgehead atoms. The number of nitrogens with zero attached hydrogens (tertiary/aromatic N) is 4. The van der Waals surface area contributed by atoms with Crippen LogP contribution < -0.4 is 10.0 Å². The number of benzene rings is 8.